The fraction of sp³-hybridized carbons (Fsp3) is 0.923. The molecule has 0 spiro atoms. The van der Waals surface area contributed by atoms with Crippen molar-refractivity contribution < 1.29 is 15.0 Å². The second-order valence-corrected chi connectivity index (χ2v) is 5.13. The monoisotopic (exact) mass is 228 g/mol. The van der Waals surface area contributed by atoms with Crippen LogP contribution in [0.1, 0.15) is 58.8 Å². The van der Waals surface area contributed by atoms with Crippen molar-refractivity contribution in [1.82, 2.24) is 0 Å². The summed E-state index contributed by atoms with van der Waals surface area (Å²) in [6, 6.07) is 0. The van der Waals surface area contributed by atoms with Crippen molar-refractivity contribution in [3.8, 4) is 0 Å². The van der Waals surface area contributed by atoms with E-state index < -0.39 is 17.5 Å². The Hall–Kier alpha value is -0.570. The van der Waals surface area contributed by atoms with Gasteiger partial charge >= 0.3 is 5.97 Å². The van der Waals surface area contributed by atoms with E-state index >= 15 is 0 Å². The summed E-state index contributed by atoms with van der Waals surface area (Å²) >= 11 is 0. The fourth-order valence-electron chi connectivity index (χ4n) is 2.84. The Bertz CT molecular complexity index is 229. The molecule has 0 radical (unpaired) electrons. The maximum Gasteiger partial charge on any atom is 0.309 e. The van der Waals surface area contributed by atoms with E-state index in [0.717, 1.165) is 25.7 Å². The van der Waals surface area contributed by atoms with Gasteiger partial charge in [-0.3, -0.25) is 4.79 Å². The molecule has 0 aromatic carbocycles. The Morgan fingerprint density at radius 1 is 1.38 bits per heavy atom. The molecule has 0 saturated heterocycles. The molecule has 94 valence electrons. The SMILES string of the molecule is CCCC(C(=O)O)C1(O)CCC(CC)CC1. The van der Waals surface area contributed by atoms with Crippen LogP contribution in [0, 0.1) is 11.8 Å². The van der Waals surface area contributed by atoms with E-state index in [0.29, 0.717) is 25.2 Å². The van der Waals surface area contributed by atoms with Crippen LogP contribution in [-0.4, -0.2) is 21.8 Å². The van der Waals surface area contributed by atoms with E-state index in [2.05, 4.69) is 6.92 Å². The molecule has 16 heavy (non-hydrogen) atoms. The van der Waals surface area contributed by atoms with Crippen molar-refractivity contribution in [2.24, 2.45) is 11.8 Å². The van der Waals surface area contributed by atoms with Crippen molar-refractivity contribution in [2.75, 3.05) is 0 Å². The van der Waals surface area contributed by atoms with Crippen molar-refractivity contribution in [2.45, 2.75) is 64.4 Å². The second-order valence-electron chi connectivity index (χ2n) is 5.13. The van der Waals surface area contributed by atoms with E-state index in [4.69, 9.17) is 0 Å². The average Bonchev–Trinajstić information content (AvgIpc) is 2.26. The maximum absolute atomic E-state index is 11.2. The molecule has 3 heteroatoms. The first kappa shape index (κ1) is 13.5. The van der Waals surface area contributed by atoms with Gasteiger partial charge in [0.2, 0.25) is 0 Å². The molecule has 1 aliphatic rings. The first-order valence-electron chi connectivity index (χ1n) is 6.48. The summed E-state index contributed by atoms with van der Waals surface area (Å²) in [5.74, 6) is -0.731. The first-order valence-corrected chi connectivity index (χ1v) is 6.48. The van der Waals surface area contributed by atoms with Crippen LogP contribution >= 0.6 is 0 Å². The Kier molecular flexibility index (Phi) is 4.78. The molecule has 0 bridgehead atoms. The van der Waals surface area contributed by atoms with Gasteiger partial charge in [-0.1, -0.05) is 26.7 Å². The van der Waals surface area contributed by atoms with Crippen LogP contribution in [-0.2, 0) is 4.79 Å². The molecule has 0 aliphatic heterocycles. The van der Waals surface area contributed by atoms with Gasteiger partial charge in [0.05, 0.1) is 11.5 Å². The molecule has 3 nitrogen and oxygen atoms in total. The molecule has 0 aromatic rings. The molecule has 1 unspecified atom stereocenters. The zero-order valence-corrected chi connectivity index (χ0v) is 10.4. The smallest absolute Gasteiger partial charge is 0.309 e. The number of rotatable bonds is 5. The van der Waals surface area contributed by atoms with Crippen LogP contribution in [0.4, 0.5) is 0 Å². The van der Waals surface area contributed by atoms with Crippen molar-refractivity contribution in [3.05, 3.63) is 0 Å². The third kappa shape index (κ3) is 2.97. The summed E-state index contributed by atoms with van der Waals surface area (Å²) in [4.78, 5) is 11.2. The highest BCUT2D eigenvalue weighted by molar-refractivity contribution is 5.71. The standard InChI is InChI=1S/C13H24O3/c1-3-5-11(12(14)15)13(16)8-6-10(4-2)7-9-13/h10-11,16H,3-9H2,1-2H3,(H,14,15). The largest absolute Gasteiger partial charge is 0.481 e. The highest BCUT2D eigenvalue weighted by Gasteiger charge is 2.43. The Labute approximate surface area is 97.9 Å². The van der Waals surface area contributed by atoms with Crippen LogP contribution in [0.3, 0.4) is 0 Å². The highest BCUT2D eigenvalue weighted by Crippen LogP contribution is 2.40. The molecule has 1 aliphatic carbocycles. The third-order valence-corrected chi connectivity index (χ3v) is 4.07. The summed E-state index contributed by atoms with van der Waals surface area (Å²) in [6.45, 7) is 4.13. The molecule has 1 atom stereocenters. The van der Waals surface area contributed by atoms with E-state index in [1.54, 1.807) is 0 Å². The van der Waals surface area contributed by atoms with Crippen molar-refractivity contribution >= 4 is 5.97 Å². The van der Waals surface area contributed by atoms with Crippen LogP contribution in [0.2, 0.25) is 0 Å². The number of carboxylic acid groups (broad SMARTS) is 1. The number of aliphatic hydroxyl groups is 1. The number of carbonyl (C=O) groups is 1. The van der Waals surface area contributed by atoms with Gasteiger partial charge in [0.1, 0.15) is 0 Å². The maximum atomic E-state index is 11.2. The summed E-state index contributed by atoms with van der Waals surface area (Å²) in [6.07, 6.45) is 5.80. The van der Waals surface area contributed by atoms with Gasteiger partial charge in [0, 0.05) is 0 Å². The molecule has 0 aromatic heterocycles. The zero-order chi connectivity index (χ0) is 12.2. The fourth-order valence-corrected chi connectivity index (χ4v) is 2.84. The molecule has 1 saturated carbocycles. The Morgan fingerprint density at radius 3 is 2.31 bits per heavy atom. The lowest BCUT2D eigenvalue weighted by atomic mass is 9.70. The zero-order valence-electron chi connectivity index (χ0n) is 10.4. The van der Waals surface area contributed by atoms with Gasteiger partial charge in [-0.05, 0) is 38.0 Å². The van der Waals surface area contributed by atoms with Crippen LogP contribution < -0.4 is 0 Å². The van der Waals surface area contributed by atoms with Gasteiger partial charge in [-0.25, -0.2) is 0 Å². The quantitative estimate of drug-likeness (QED) is 0.760. The number of hydrogen-bond donors (Lipinski definition) is 2. The molecule has 1 rings (SSSR count). The van der Waals surface area contributed by atoms with E-state index in [1.807, 2.05) is 6.92 Å². The topological polar surface area (TPSA) is 57.5 Å². The first-order chi connectivity index (χ1) is 7.53. The van der Waals surface area contributed by atoms with Crippen molar-refractivity contribution in [3.63, 3.8) is 0 Å². The van der Waals surface area contributed by atoms with E-state index in [9.17, 15) is 15.0 Å². The van der Waals surface area contributed by atoms with Crippen LogP contribution in [0.25, 0.3) is 0 Å². The lowest BCUT2D eigenvalue weighted by Gasteiger charge is -2.39. The summed E-state index contributed by atoms with van der Waals surface area (Å²) in [5, 5.41) is 19.6. The molecular formula is C13H24O3. The van der Waals surface area contributed by atoms with Gasteiger partial charge in [-0.15, -0.1) is 0 Å². The third-order valence-electron chi connectivity index (χ3n) is 4.07. The predicted octanol–water partition coefficient (Wildman–Crippen LogP) is 2.82. The average molecular weight is 228 g/mol. The number of aliphatic carboxylic acids is 1. The van der Waals surface area contributed by atoms with Crippen LogP contribution in [0.15, 0.2) is 0 Å². The van der Waals surface area contributed by atoms with Crippen molar-refractivity contribution in [1.29, 1.82) is 0 Å². The minimum absolute atomic E-state index is 0.574. The minimum Gasteiger partial charge on any atom is -0.481 e. The molecule has 0 heterocycles. The Morgan fingerprint density at radius 2 is 1.94 bits per heavy atom. The minimum atomic E-state index is -0.951. The summed E-state index contributed by atoms with van der Waals surface area (Å²) in [5.41, 5.74) is -0.951. The highest BCUT2D eigenvalue weighted by atomic mass is 16.4. The lowest BCUT2D eigenvalue weighted by Crippen LogP contribution is -2.45. The Balaban J connectivity index is 2.65. The summed E-state index contributed by atoms with van der Waals surface area (Å²) in [7, 11) is 0. The normalized spacial score (nSPS) is 32.3. The molecule has 1 fully saturated rings. The molecule has 2 N–H and O–H groups in total. The number of hydrogen-bond acceptors (Lipinski definition) is 2. The second kappa shape index (κ2) is 5.67. The van der Waals surface area contributed by atoms with E-state index in [1.165, 1.54) is 0 Å². The summed E-state index contributed by atoms with van der Waals surface area (Å²) < 4.78 is 0. The van der Waals surface area contributed by atoms with Crippen LogP contribution in [0.5, 0.6) is 0 Å². The lowest BCUT2D eigenvalue weighted by molar-refractivity contribution is -0.156. The predicted molar refractivity (Wildman–Crippen MR) is 63.2 cm³/mol. The molecule has 0 amide bonds. The van der Waals surface area contributed by atoms with E-state index in [-0.39, 0.29) is 0 Å². The molecular weight excluding hydrogens is 204 g/mol. The van der Waals surface area contributed by atoms with Gasteiger partial charge in [0.25, 0.3) is 0 Å². The number of carboxylic acids is 1. The van der Waals surface area contributed by atoms with Gasteiger partial charge in [0.15, 0.2) is 0 Å². The van der Waals surface area contributed by atoms with Gasteiger partial charge in [-0.2, -0.15) is 0 Å². The van der Waals surface area contributed by atoms with Gasteiger partial charge < -0.3 is 10.2 Å².